The average Bonchev–Trinajstić information content (AvgIpc) is 2.04. The van der Waals surface area contributed by atoms with Gasteiger partial charge in [0.1, 0.15) is 5.88 Å². The number of rotatable bonds is 4. The summed E-state index contributed by atoms with van der Waals surface area (Å²) in [5.41, 5.74) is 5.69. The molecule has 1 aromatic carbocycles. The maximum absolute atomic E-state index is 10.3. The van der Waals surface area contributed by atoms with Crippen LogP contribution >= 0.6 is 0 Å². The minimum absolute atomic E-state index is 0.526. The fraction of sp³-hybridized carbons (Fsp3) is 0.143. The number of para-hydroxylation sites is 1. The van der Waals surface area contributed by atoms with Gasteiger partial charge in [0.05, 0.1) is 0 Å². The van der Waals surface area contributed by atoms with E-state index in [1.54, 1.807) is 24.3 Å². The van der Waals surface area contributed by atoms with Crippen LogP contribution in [0.25, 0.3) is 0 Å². The zero-order valence-electron chi connectivity index (χ0n) is 6.77. The molecule has 13 heavy (non-hydrogen) atoms. The van der Waals surface area contributed by atoms with E-state index in [1.165, 1.54) is 0 Å². The normalized spacial score (nSPS) is 11.2. The maximum Gasteiger partial charge on any atom is 0.279 e. The first-order chi connectivity index (χ1) is 6.08. The monoisotopic (exact) mass is 202 g/mol. The molecule has 0 unspecified atom stereocenters. The molecule has 5 nitrogen and oxygen atoms in total. The van der Waals surface area contributed by atoms with Crippen LogP contribution in [-0.4, -0.2) is 18.8 Å². The lowest BCUT2D eigenvalue weighted by Gasteiger charge is -2.05. The van der Waals surface area contributed by atoms with Crippen molar-refractivity contribution in [3.63, 3.8) is 0 Å². The lowest BCUT2D eigenvalue weighted by Crippen LogP contribution is -2.27. The largest absolute Gasteiger partial charge is 0.320 e. The molecular weight excluding hydrogens is 192 g/mol. The Morgan fingerprint density at radius 1 is 1.23 bits per heavy atom. The first-order valence-electron chi connectivity index (χ1n) is 3.57. The van der Waals surface area contributed by atoms with E-state index in [4.69, 9.17) is 4.55 Å². The molecule has 0 aliphatic heterocycles. The van der Waals surface area contributed by atoms with Gasteiger partial charge in [0, 0.05) is 5.69 Å². The maximum atomic E-state index is 10.3. The molecule has 0 aliphatic rings. The Kier molecular flexibility index (Phi) is 3.24. The van der Waals surface area contributed by atoms with Gasteiger partial charge >= 0.3 is 0 Å². The van der Waals surface area contributed by atoms with Crippen LogP contribution in [0.4, 0.5) is 5.69 Å². The van der Waals surface area contributed by atoms with Crippen LogP contribution in [0.2, 0.25) is 0 Å². The fourth-order valence-electron chi connectivity index (χ4n) is 0.751. The van der Waals surface area contributed by atoms with Crippen molar-refractivity contribution in [3.8, 4) is 0 Å². The van der Waals surface area contributed by atoms with Gasteiger partial charge in [0.2, 0.25) is 0 Å². The molecule has 0 aromatic heterocycles. The molecule has 1 aromatic rings. The highest BCUT2D eigenvalue weighted by molar-refractivity contribution is 7.85. The molecule has 0 fully saturated rings. The van der Waals surface area contributed by atoms with Gasteiger partial charge in [-0.2, -0.15) is 8.42 Å². The van der Waals surface area contributed by atoms with Gasteiger partial charge in [-0.15, -0.1) is 0 Å². The van der Waals surface area contributed by atoms with Crippen LogP contribution in [0, 0.1) is 0 Å². The van der Waals surface area contributed by atoms with Crippen molar-refractivity contribution >= 4 is 15.8 Å². The van der Waals surface area contributed by atoms with Crippen LogP contribution < -0.4 is 10.9 Å². The van der Waals surface area contributed by atoms with Crippen LogP contribution in [-0.2, 0) is 10.1 Å². The molecule has 0 spiro atoms. The smallest absolute Gasteiger partial charge is 0.279 e. The van der Waals surface area contributed by atoms with Crippen molar-refractivity contribution in [3.05, 3.63) is 30.3 Å². The Morgan fingerprint density at radius 2 is 1.85 bits per heavy atom. The van der Waals surface area contributed by atoms with Gasteiger partial charge in [0.25, 0.3) is 10.1 Å². The van der Waals surface area contributed by atoms with Gasteiger partial charge < -0.3 is 5.43 Å². The molecular formula is C7H10N2O3S. The number of anilines is 1. The lowest BCUT2D eigenvalue weighted by molar-refractivity contribution is 0.479. The minimum atomic E-state index is -3.97. The van der Waals surface area contributed by atoms with E-state index in [-0.39, 0.29) is 0 Å². The summed E-state index contributed by atoms with van der Waals surface area (Å²) >= 11 is 0. The molecule has 0 saturated carbocycles. The predicted octanol–water partition coefficient (Wildman–Crippen LogP) is 0.448. The Bertz CT molecular complexity index is 349. The zero-order valence-corrected chi connectivity index (χ0v) is 7.58. The van der Waals surface area contributed by atoms with E-state index in [2.05, 4.69) is 10.9 Å². The summed E-state index contributed by atoms with van der Waals surface area (Å²) in [6, 6.07) is 8.97. The Balaban J connectivity index is 2.37. The average molecular weight is 202 g/mol. The van der Waals surface area contributed by atoms with Gasteiger partial charge in [-0.3, -0.25) is 4.55 Å². The molecule has 0 bridgehead atoms. The van der Waals surface area contributed by atoms with E-state index in [9.17, 15) is 8.42 Å². The number of hydrogen-bond acceptors (Lipinski definition) is 4. The van der Waals surface area contributed by atoms with E-state index >= 15 is 0 Å². The van der Waals surface area contributed by atoms with Crippen molar-refractivity contribution < 1.29 is 13.0 Å². The Hall–Kier alpha value is -1.11. The topological polar surface area (TPSA) is 78.4 Å². The summed E-state index contributed by atoms with van der Waals surface area (Å²) in [6.07, 6.45) is 0. The number of hydrogen-bond donors (Lipinski definition) is 3. The third kappa shape index (κ3) is 4.46. The summed E-state index contributed by atoms with van der Waals surface area (Å²) in [6.45, 7) is 0. The first-order valence-corrected chi connectivity index (χ1v) is 5.18. The number of nitrogens with one attached hydrogen (secondary N) is 2. The number of benzene rings is 1. The first kappa shape index (κ1) is 9.97. The molecule has 0 saturated heterocycles. The quantitative estimate of drug-likeness (QED) is 0.488. The zero-order chi connectivity index (χ0) is 9.73. The van der Waals surface area contributed by atoms with Crippen LogP contribution in [0.1, 0.15) is 0 Å². The molecule has 0 radical (unpaired) electrons. The summed E-state index contributed by atoms with van der Waals surface area (Å²) in [4.78, 5) is 0. The summed E-state index contributed by atoms with van der Waals surface area (Å²) in [7, 11) is -3.97. The highest BCUT2D eigenvalue weighted by Crippen LogP contribution is 2.02. The van der Waals surface area contributed by atoms with Crippen molar-refractivity contribution in [2.24, 2.45) is 0 Å². The third-order valence-electron chi connectivity index (χ3n) is 1.26. The van der Waals surface area contributed by atoms with Gasteiger partial charge in [-0.1, -0.05) is 18.2 Å². The molecule has 0 amide bonds. The van der Waals surface area contributed by atoms with E-state index in [0.717, 1.165) is 5.69 Å². The summed E-state index contributed by atoms with van der Waals surface area (Å²) in [5, 5.41) is 0. The third-order valence-corrected chi connectivity index (χ3v) is 1.77. The second-order valence-electron chi connectivity index (χ2n) is 2.39. The van der Waals surface area contributed by atoms with E-state index < -0.39 is 16.0 Å². The van der Waals surface area contributed by atoms with Crippen molar-refractivity contribution in [2.45, 2.75) is 0 Å². The number of hydrazine groups is 1. The van der Waals surface area contributed by atoms with Gasteiger partial charge in [-0.25, -0.2) is 5.43 Å². The van der Waals surface area contributed by atoms with Crippen molar-refractivity contribution in [1.29, 1.82) is 0 Å². The van der Waals surface area contributed by atoms with Crippen LogP contribution in [0.5, 0.6) is 0 Å². The van der Waals surface area contributed by atoms with Gasteiger partial charge in [0.15, 0.2) is 0 Å². The highest BCUT2D eigenvalue weighted by atomic mass is 32.2. The standard InChI is InChI=1S/C7H10N2O3S/c10-13(11,12)6-8-9-7-4-2-1-3-5-7/h1-5,8-9H,6H2,(H,10,11,12). The van der Waals surface area contributed by atoms with E-state index in [0.29, 0.717) is 0 Å². The Labute approximate surface area is 76.5 Å². The molecule has 0 atom stereocenters. The molecule has 3 N–H and O–H groups in total. The predicted molar refractivity (Wildman–Crippen MR) is 49.6 cm³/mol. The molecule has 1 rings (SSSR count). The van der Waals surface area contributed by atoms with Crippen molar-refractivity contribution in [1.82, 2.24) is 5.43 Å². The highest BCUT2D eigenvalue weighted by Gasteiger charge is 2.01. The van der Waals surface area contributed by atoms with E-state index in [1.807, 2.05) is 6.07 Å². The molecule has 72 valence electrons. The minimum Gasteiger partial charge on any atom is -0.320 e. The molecule has 6 heteroatoms. The lowest BCUT2D eigenvalue weighted by atomic mass is 10.3. The van der Waals surface area contributed by atoms with Gasteiger partial charge in [-0.05, 0) is 12.1 Å². The van der Waals surface area contributed by atoms with Crippen LogP contribution in [0.15, 0.2) is 30.3 Å². The second kappa shape index (κ2) is 4.22. The fourth-order valence-corrected chi connectivity index (χ4v) is 1.01. The van der Waals surface area contributed by atoms with Crippen molar-refractivity contribution in [2.75, 3.05) is 11.3 Å². The summed E-state index contributed by atoms with van der Waals surface area (Å²) in [5.74, 6) is -0.526. The molecule has 0 heterocycles. The SMILES string of the molecule is O=S(=O)(O)CNNc1ccccc1. The van der Waals surface area contributed by atoms with Crippen LogP contribution in [0.3, 0.4) is 0 Å². The Morgan fingerprint density at radius 3 is 2.38 bits per heavy atom. The summed E-state index contributed by atoms with van der Waals surface area (Å²) < 4.78 is 28.9. The second-order valence-corrected chi connectivity index (χ2v) is 3.85. The molecule has 0 aliphatic carbocycles.